The van der Waals surface area contributed by atoms with Gasteiger partial charge in [0, 0.05) is 30.2 Å². The Morgan fingerprint density at radius 1 is 0.971 bits per heavy atom. The Bertz CT molecular complexity index is 1400. The number of fused-ring (bicyclic) bond motifs is 1. The van der Waals surface area contributed by atoms with Crippen molar-refractivity contribution in [2.24, 2.45) is 5.73 Å². The van der Waals surface area contributed by atoms with Crippen molar-refractivity contribution in [2.45, 2.75) is 11.7 Å². The summed E-state index contributed by atoms with van der Waals surface area (Å²) in [6.45, 7) is 0. The number of hydrogen-bond acceptors (Lipinski definition) is 5. The number of pyridine rings is 2. The molecule has 0 saturated carbocycles. The first-order chi connectivity index (χ1) is 16.3. The van der Waals surface area contributed by atoms with Gasteiger partial charge in [-0.25, -0.2) is 0 Å². The third-order valence-electron chi connectivity index (χ3n) is 5.83. The average molecular weight is 463 g/mol. The Morgan fingerprint density at radius 3 is 2.56 bits per heavy atom. The zero-order valence-electron chi connectivity index (χ0n) is 18.0. The number of rotatable bonds is 4. The van der Waals surface area contributed by atoms with Gasteiger partial charge in [0.15, 0.2) is 0 Å². The molecule has 1 aliphatic heterocycles. The lowest BCUT2D eigenvalue weighted by Gasteiger charge is -2.38. The van der Waals surface area contributed by atoms with E-state index in [1.54, 1.807) is 49.8 Å². The number of H-pyrrole nitrogens is 1. The van der Waals surface area contributed by atoms with Crippen LogP contribution in [0.4, 0.5) is 18.9 Å². The molecular weight excluding hydrogens is 443 g/mol. The van der Waals surface area contributed by atoms with Crippen molar-refractivity contribution in [3.63, 3.8) is 0 Å². The van der Waals surface area contributed by atoms with Gasteiger partial charge in [-0.1, -0.05) is 18.2 Å². The minimum absolute atomic E-state index is 0.348. The Hall–Kier alpha value is -4.27. The summed E-state index contributed by atoms with van der Waals surface area (Å²) < 4.78 is 45.9. The summed E-state index contributed by atoms with van der Waals surface area (Å²) in [7, 11) is 1.57. The number of hydrogen-bond donors (Lipinski definition) is 3. The predicted octanol–water partition coefficient (Wildman–Crippen LogP) is 5.17. The van der Waals surface area contributed by atoms with E-state index in [0.717, 1.165) is 17.8 Å². The van der Waals surface area contributed by atoms with Gasteiger partial charge in [0.1, 0.15) is 17.0 Å². The van der Waals surface area contributed by atoms with Gasteiger partial charge >= 0.3 is 6.18 Å². The number of methoxy groups -OCH3 is 1. The van der Waals surface area contributed by atoms with Gasteiger partial charge in [0.2, 0.25) is 0 Å². The van der Waals surface area contributed by atoms with E-state index >= 15 is 0 Å². The topological polar surface area (TPSA) is 88.8 Å². The molecule has 0 fully saturated rings. The first-order valence-corrected chi connectivity index (χ1v) is 10.4. The Balaban J connectivity index is 1.72. The zero-order valence-corrected chi connectivity index (χ0v) is 18.0. The SMILES string of the molecule is COc1ccnc(-c2cccc(C3(c4ccnc(C(F)(F)F)c4)C=C(N)c4[nH]ccc4N3)c2)c1. The maximum Gasteiger partial charge on any atom is 0.433 e. The minimum atomic E-state index is -4.59. The van der Waals surface area contributed by atoms with Gasteiger partial charge in [0.05, 0.1) is 29.9 Å². The molecule has 0 saturated heterocycles. The van der Waals surface area contributed by atoms with Crippen molar-refractivity contribution in [2.75, 3.05) is 12.4 Å². The second kappa shape index (κ2) is 7.95. The van der Waals surface area contributed by atoms with Crippen molar-refractivity contribution in [1.29, 1.82) is 0 Å². The summed E-state index contributed by atoms with van der Waals surface area (Å²) in [5.74, 6) is 0.644. The number of aromatic nitrogens is 3. The molecule has 4 N–H and O–H groups in total. The molecule has 5 rings (SSSR count). The van der Waals surface area contributed by atoms with E-state index in [1.807, 2.05) is 24.3 Å². The highest BCUT2D eigenvalue weighted by Crippen LogP contribution is 2.43. The summed E-state index contributed by atoms with van der Waals surface area (Å²) in [5.41, 5.74) is 8.44. The fraction of sp³-hybridized carbons (Fsp3) is 0.120. The van der Waals surface area contributed by atoms with Crippen LogP contribution in [0.15, 0.2) is 79.3 Å². The lowest BCUT2D eigenvalue weighted by Crippen LogP contribution is -2.38. The fourth-order valence-corrected chi connectivity index (χ4v) is 4.19. The van der Waals surface area contributed by atoms with E-state index in [1.165, 1.54) is 0 Å². The molecule has 1 aliphatic rings. The highest BCUT2D eigenvalue weighted by Gasteiger charge is 2.40. The van der Waals surface area contributed by atoms with Crippen LogP contribution in [-0.2, 0) is 11.7 Å². The number of benzene rings is 1. The smallest absolute Gasteiger partial charge is 0.433 e. The van der Waals surface area contributed by atoms with Gasteiger partial charge < -0.3 is 20.8 Å². The van der Waals surface area contributed by atoms with Crippen molar-refractivity contribution in [3.8, 4) is 17.0 Å². The molecule has 0 aliphatic carbocycles. The number of nitrogens with one attached hydrogen (secondary N) is 2. The number of ether oxygens (including phenoxy) is 1. The van der Waals surface area contributed by atoms with Crippen molar-refractivity contribution >= 4 is 11.4 Å². The second-order valence-electron chi connectivity index (χ2n) is 7.89. The van der Waals surface area contributed by atoms with Crippen LogP contribution in [0.3, 0.4) is 0 Å². The monoisotopic (exact) mass is 463 g/mol. The van der Waals surface area contributed by atoms with Crippen LogP contribution < -0.4 is 15.8 Å². The normalized spacial score (nSPS) is 17.5. The van der Waals surface area contributed by atoms with Gasteiger partial charge in [0.25, 0.3) is 0 Å². The molecule has 4 aromatic rings. The molecule has 0 spiro atoms. The summed E-state index contributed by atoms with van der Waals surface area (Å²) in [4.78, 5) is 11.0. The molecule has 6 nitrogen and oxygen atoms in total. The molecule has 9 heteroatoms. The van der Waals surface area contributed by atoms with Crippen molar-refractivity contribution in [3.05, 3.63) is 102 Å². The maximum absolute atomic E-state index is 13.5. The molecule has 0 radical (unpaired) electrons. The van der Waals surface area contributed by atoms with Crippen LogP contribution >= 0.6 is 0 Å². The lowest BCUT2D eigenvalue weighted by atomic mass is 9.79. The Morgan fingerprint density at radius 2 is 1.76 bits per heavy atom. The summed E-state index contributed by atoms with van der Waals surface area (Å²) in [5, 5.41) is 3.41. The van der Waals surface area contributed by atoms with E-state index in [0.29, 0.717) is 39.6 Å². The summed E-state index contributed by atoms with van der Waals surface area (Å²) in [6, 6.07) is 15.4. The van der Waals surface area contributed by atoms with Gasteiger partial charge in [-0.2, -0.15) is 13.2 Å². The van der Waals surface area contributed by atoms with Crippen molar-refractivity contribution < 1.29 is 17.9 Å². The van der Waals surface area contributed by atoms with Crippen molar-refractivity contribution in [1.82, 2.24) is 15.0 Å². The van der Waals surface area contributed by atoms with Crippen LogP contribution in [0, 0.1) is 0 Å². The molecule has 1 atom stereocenters. The van der Waals surface area contributed by atoms with Crippen LogP contribution in [0.2, 0.25) is 0 Å². The predicted molar refractivity (Wildman–Crippen MR) is 123 cm³/mol. The quantitative estimate of drug-likeness (QED) is 0.389. The number of alkyl halides is 3. The third kappa shape index (κ3) is 3.64. The summed E-state index contributed by atoms with van der Waals surface area (Å²) >= 11 is 0. The third-order valence-corrected chi connectivity index (χ3v) is 5.83. The largest absolute Gasteiger partial charge is 0.497 e. The van der Waals surface area contributed by atoms with Gasteiger partial charge in [-0.3, -0.25) is 9.97 Å². The van der Waals surface area contributed by atoms with Gasteiger partial charge in [-0.05, 0) is 47.5 Å². The minimum Gasteiger partial charge on any atom is -0.497 e. The van der Waals surface area contributed by atoms with E-state index in [2.05, 4.69) is 20.3 Å². The molecule has 1 aromatic carbocycles. The molecule has 0 bridgehead atoms. The number of aromatic amines is 1. The molecular formula is C25H20F3N5O. The highest BCUT2D eigenvalue weighted by molar-refractivity contribution is 5.80. The molecule has 0 amide bonds. The van der Waals surface area contributed by atoms with Gasteiger partial charge in [-0.15, -0.1) is 0 Å². The van der Waals surface area contributed by atoms with E-state index in [4.69, 9.17) is 10.5 Å². The summed E-state index contributed by atoms with van der Waals surface area (Å²) in [6.07, 6.45) is 1.65. The van der Waals surface area contributed by atoms with Crippen LogP contribution in [-0.4, -0.2) is 22.1 Å². The number of nitrogens with zero attached hydrogens (tertiary/aromatic N) is 2. The Labute approximate surface area is 193 Å². The molecule has 3 aromatic heterocycles. The fourth-order valence-electron chi connectivity index (χ4n) is 4.19. The first-order valence-electron chi connectivity index (χ1n) is 10.4. The molecule has 1 unspecified atom stereocenters. The van der Waals surface area contributed by atoms with E-state index in [-0.39, 0.29) is 0 Å². The van der Waals surface area contributed by atoms with Crippen LogP contribution in [0.1, 0.15) is 22.5 Å². The number of anilines is 1. The maximum atomic E-state index is 13.5. The number of nitrogens with two attached hydrogens (primary N) is 1. The highest BCUT2D eigenvalue weighted by atomic mass is 19.4. The van der Waals surface area contributed by atoms with E-state index < -0.39 is 17.4 Å². The Kier molecular flexibility index (Phi) is 5.04. The lowest BCUT2D eigenvalue weighted by molar-refractivity contribution is -0.141. The molecule has 172 valence electrons. The second-order valence-corrected chi connectivity index (χ2v) is 7.89. The van der Waals surface area contributed by atoms with E-state index in [9.17, 15) is 13.2 Å². The first kappa shape index (κ1) is 21.6. The van der Waals surface area contributed by atoms with Crippen LogP contribution in [0.25, 0.3) is 17.0 Å². The average Bonchev–Trinajstić information content (AvgIpc) is 3.33. The molecule has 34 heavy (non-hydrogen) atoms. The standard InChI is InChI=1S/C25H20F3N5O/c1-34-18-6-9-30-21(13-18)15-3-2-4-16(11-15)24(14-19(29)23-20(33-24)7-10-32-23)17-5-8-31-22(12-17)25(26,27)28/h2-14,32-33H,29H2,1H3. The number of halogens is 3. The van der Waals surface area contributed by atoms with Crippen LogP contribution in [0.5, 0.6) is 5.75 Å². The zero-order chi connectivity index (χ0) is 23.9. The molecule has 4 heterocycles.